The van der Waals surface area contributed by atoms with Crippen LogP contribution in [0.3, 0.4) is 0 Å². The van der Waals surface area contributed by atoms with Gasteiger partial charge in [-0.1, -0.05) is 12.1 Å². The maximum Gasteiger partial charge on any atom is 0.251 e. The van der Waals surface area contributed by atoms with Crippen molar-refractivity contribution in [1.29, 1.82) is 0 Å². The van der Waals surface area contributed by atoms with Crippen LogP contribution in [0.5, 0.6) is 0 Å². The van der Waals surface area contributed by atoms with Gasteiger partial charge in [-0.05, 0) is 54.8 Å². The number of carbonyl (C=O) groups is 2. The monoisotopic (exact) mass is 401 g/mol. The first kappa shape index (κ1) is 20.0. The Morgan fingerprint density at radius 2 is 1.36 bits per heavy atom. The number of nitrogens with zero attached hydrogens (tertiary/aromatic N) is 1. The molecule has 148 valence electrons. The van der Waals surface area contributed by atoms with Gasteiger partial charge in [-0.3, -0.25) is 9.59 Å². The molecule has 1 aliphatic carbocycles. The Balaban J connectivity index is 1.83. The predicted octanol–water partition coefficient (Wildman–Crippen LogP) is 1.76. The molecule has 2 aromatic rings. The largest absolute Gasteiger partial charge is 0.355 e. The van der Waals surface area contributed by atoms with E-state index in [1.807, 2.05) is 0 Å². The van der Waals surface area contributed by atoms with E-state index in [2.05, 4.69) is 10.6 Å². The van der Waals surface area contributed by atoms with Gasteiger partial charge >= 0.3 is 0 Å². The number of amides is 2. The minimum absolute atomic E-state index is 0.0257. The number of hydrogen-bond donors (Lipinski definition) is 2. The second-order valence-electron chi connectivity index (χ2n) is 6.66. The van der Waals surface area contributed by atoms with Crippen molar-refractivity contribution in [3.05, 3.63) is 65.2 Å². The smallest absolute Gasteiger partial charge is 0.251 e. The summed E-state index contributed by atoms with van der Waals surface area (Å²) in [7, 11) is -0.606. The first-order valence-corrected chi connectivity index (χ1v) is 10.5. The quantitative estimate of drug-likeness (QED) is 0.739. The first-order chi connectivity index (χ1) is 13.4. The minimum atomic E-state index is -3.69. The lowest BCUT2D eigenvalue weighted by atomic mass is 10.1. The predicted molar refractivity (Wildman–Crippen MR) is 105 cm³/mol. The van der Waals surface area contributed by atoms with Crippen LogP contribution in [0.4, 0.5) is 0 Å². The van der Waals surface area contributed by atoms with E-state index in [1.54, 1.807) is 31.3 Å². The minimum Gasteiger partial charge on any atom is -0.355 e. The highest BCUT2D eigenvalue weighted by Crippen LogP contribution is 2.33. The Labute approximate surface area is 164 Å². The molecule has 8 heteroatoms. The lowest BCUT2D eigenvalue weighted by Crippen LogP contribution is -2.32. The zero-order valence-corrected chi connectivity index (χ0v) is 16.6. The summed E-state index contributed by atoms with van der Waals surface area (Å²) < 4.78 is 27.8. The normalized spacial score (nSPS) is 14.0. The molecule has 0 atom stereocenters. The molecule has 0 aliphatic heterocycles. The van der Waals surface area contributed by atoms with Gasteiger partial charge in [-0.25, -0.2) is 8.42 Å². The summed E-state index contributed by atoms with van der Waals surface area (Å²) in [5.74, 6) is -0.450. The van der Waals surface area contributed by atoms with Gasteiger partial charge in [0.1, 0.15) is 0 Å². The Kier molecular flexibility index (Phi) is 5.81. The molecular formula is C20H23N3O4S. The lowest BCUT2D eigenvalue weighted by molar-refractivity contribution is 0.0955. The van der Waals surface area contributed by atoms with Crippen molar-refractivity contribution in [2.75, 3.05) is 14.1 Å². The van der Waals surface area contributed by atoms with Crippen LogP contribution in [0, 0.1) is 0 Å². The van der Waals surface area contributed by atoms with Crippen LogP contribution < -0.4 is 10.6 Å². The van der Waals surface area contributed by atoms with E-state index in [0.717, 1.165) is 18.4 Å². The Bertz CT molecular complexity index is 966. The van der Waals surface area contributed by atoms with E-state index in [-0.39, 0.29) is 29.3 Å². The number of rotatable bonds is 7. The molecule has 1 fully saturated rings. The molecule has 0 bridgehead atoms. The van der Waals surface area contributed by atoms with Crippen molar-refractivity contribution in [2.45, 2.75) is 30.3 Å². The molecule has 3 rings (SSSR count). The third kappa shape index (κ3) is 4.23. The Hall–Kier alpha value is -2.71. The zero-order chi connectivity index (χ0) is 20.3. The van der Waals surface area contributed by atoms with Gasteiger partial charge in [-0.15, -0.1) is 0 Å². The lowest BCUT2D eigenvalue weighted by Gasteiger charge is -2.22. The highest BCUT2D eigenvalue weighted by molar-refractivity contribution is 7.89. The highest BCUT2D eigenvalue weighted by Gasteiger charge is 2.38. The third-order valence-corrected chi connectivity index (χ3v) is 6.60. The molecule has 1 aliphatic rings. The molecule has 1 saturated carbocycles. The van der Waals surface area contributed by atoms with Crippen LogP contribution in [-0.2, 0) is 16.6 Å². The number of sulfonamides is 1. The van der Waals surface area contributed by atoms with Crippen molar-refractivity contribution in [3.63, 3.8) is 0 Å². The Morgan fingerprint density at radius 1 is 0.893 bits per heavy atom. The van der Waals surface area contributed by atoms with Gasteiger partial charge in [0, 0.05) is 37.8 Å². The van der Waals surface area contributed by atoms with E-state index in [4.69, 9.17) is 0 Å². The third-order valence-electron chi connectivity index (χ3n) is 4.69. The second-order valence-corrected chi connectivity index (χ2v) is 8.55. The van der Waals surface area contributed by atoms with Crippen LogP contribution in [0.25, 0.3) is 0 Å². The average Bonchev–Trinajstić information content (AvgIpc) is 3.56. The van der Waals surface area contributed by atoms with Crippen molar-refractivity contribution in [2.24, 2.45) is 0 Å². The number of benzene rings is 2. The molecule has 0 aromatic heterocycles. The number of nitrogens with one attached hydrogen (secondary N) is 2. The fourth-order valence-corrected chi connectivity index (χ4v) is 4.59. The maximum atomic E-state index is 13.2. The summed E-state index contributed by atoms with van der Waals surface area (Å²) >= 11 is 0. The van der Waals surface area contributed by atoms with E-state index >= 15 is 0 Å². The average molecular weight is 401 g/mol. The summed E-state index contributed by atoms with van der Waals surface area (Å²) in [4.78, 5) is 23.5. The van der Waals surface area contributed by atoms with Gasteiger partial charge in [0.25, 0.3) is 11.8 Å². The SMILES string of the molecule is CNC(=O)c1ccc(CN(C2CC2)S(=O)(=O)c2ccc(C(=O)NC)cc2)cc1. The highest BCUT2D eigenvalue weighted by atomic mass is 32.2. The molecule has 0 radical (unpaired) electrons. The molecule has 2 N–H and O–H groups in total. The van der Waals surface area contributed by atoms with Crippen LogP contribution in [0.2, 0.25) is 0 Å². The summed E-state index contributed by atoms with van der Waals surface area (Å²) in [6.45, 7) is 0.234. The molecule has 28 heavy (non-hydrogen) atoms. The summed E-state index contributed by atoms with van der Waals surface area (Å²) in [6.07, 6.45) is 1.65. The first-order valence-electron chi connectivity index (χ1n) is 9.02. The zero-order valence-electron chi connectivity index (χ0n) is 15.8. The molecule has 0 saturated heterocycles. The molecule has 0 heterocycles. The van der Waals surface area contributed by atoms with Gasteiger partial charge in [0.2, 0.25) is 10.0 Å². The van der Waals surface area contributed by atoms with E-state index in [0.29, 0.717) is 11.1 Å². The van der Waals surface area contributed by atoms with E-state index in [9.17, 15) is 18.0 Å². The molecule has 2 amide bonds. The topological polar surface area (TPSA) is 95.6 Å². The molecule has 7 nitrogen and oxygen atoms in total. The number of carbonyl (C=O) groups excluding carboxylic acids is 2. The molecule has 2 aromatic carbocycles. The fourth-order valence-electron chi connectivity index (χ4n) is 2.92. The van der Waals surface area contributed by atoms with Gasteiger partial charge < -0.3 is 10.6 Å². The van der Waals surface area contributed by atoms with Gasteiger partial charge in [0.05, 0.1) is 4.90 Å². The standard InChI is InChI=1S/C20H23N3O4S/c1-21-19(24)15-5-3-14(4-6-15)13-23(17-9-10-17)28(26,27)18-11-7-16(8-12-18)20(25)22-2/h3-8,11-12,17H,9-10,13H2,1-2H3,(H,21,24)(H,22,25). The Morgan fingerprint density at radius 3 is 1.79 bits per heavy atom. The van der Waals surface area contributed by atoms with Crippen LogP contribution >= 0.6 is 0 Å². The summed E-state index contributed by atoms with van der Waals surface area (Å²) in [5, 5.41) is 5.07. The van der Waals surface area contributed by atoms with Crippen molar-refractivity contribution < 1.29 is 18.0 Å². The van der Waals surface area contributed by atoms with Crippen LogP contribution in [0.1, 0.15) is 39.1 Å². The second kappa shape index (κ2) is 8.12. The van der Waals surface area contributed by atoms with E-state index < -0.39 is 10.0 Å². The molecule has 0 spiro atoms. The van der Waals surface area contributed by atoms with Crippen molar-refractivity contribution >= 4 is 21.8 Å². The summed E-state index contributed by atoms with van der Waals surface area (Å²) in [6, 6.07) is 12.8. The molecule has 0 unspecified atom stereocenters. The maximum absolute atomic E-state index is 13.2. The van der Waals surface area contributed by atoms with Crippen molar-refractivity contribution in [3.8, 4) is 0 Å². The number of hydrogen-bond acceptors (Lipinski definition) is 4. The van der Waals surface area contributed by atoms with Crippen LogP contribution in [0.15, 0.2) is 53.4 Å². The van der Waals surface area contributed by atoms with E-state index in [1.165, 1.54) is 35.6 Å². The van der Waals surface area contributed by atoms with Gasteiger partial charge in [0.15, 0.2) is 0 Å². The fraction of sp³-hybridized carbons (Fsp3) is 0.300. The molecular weight excluding hydrogens is 378 g/mol. The van der Waals surface area contributed by atoms with Gasteiger partial charge in [-0.2, -0.15) is 4.31 Å². The summed E-state index contributed by atoms with van der Waals surface area (Å²) in [5.41, 5.74) is 1.74. The van der Waals surface area contributed by atoms with Crippen LogP contribution in [-0.4, -0.2) is 44.7 Å². The van der Waals surface area contributed by atoms with Crippen molar-refractivity contribution in [1.82, 2.24) is 14.9 Å².